The van der Waals surface area contributed by atoms with Gasteiger partial charge in [-0.3, -0.25) is 0 Å². The summed E-state index contributed by atoms with van der Waals surface area (Å²) in [5.41, 5.74) is 2.59. The Bertz CT molecular complexity index is 417. The summed E-state index contributed by atoms with van der Waals surface area (Å²) >= 11 is 0. The van der Waals surface area contributed by atoms with Gasteiger partial charge in [0.2, 0.25) is 0 Å². The average molecular weight is 228 g/mol. The molecule has 17 heavy (non-hydrogen) atoms. The maximum absolute atomic E-state index is 6.14. The van der Waals surface area contributed by atoms with E-state index in [-0.39, 0.29) is 6.10 Å². The van der Waals surface area contributed by atoms with Crippen LogP contribution in [0, 0.1) is 0 Å². The van der Waals surface area contributed by atoms with Gasteiger partial charge in [-0.05, 0) is 49.8 Å². The quantitative estimate of drug-likeness (QED) is 0.698. The third kappa shape index (κ3) is 3.00. The summed E-state index contributed by atoms with van der Waals surface area (Å²) in [6, 6.07) is 8.25. The van der Waals surface area contributed by atoms with Crippen LogP contribution in [0.15, 0.2) is 48.6 Å². The molecule has 0 aliphatic heterocycles. The normalized spacial score (nSPS) is 19.6. The van der Waals surface area contributed by atoms with Crippen LogP contribution in [-0.4, -0.2) is 6.10 Å². The van der Waals surface area contributed by atoms with Gasteiger partial charge in [0.1, 0.15) is 11.9 Å². The molecule has 0 bridgehead atoms. The summed E-state index contributed by atoms with van der Waals surface area (Å²) in [5.74, 6) is 1.01. The molecule has 90 valence electrons. The summed E-state index contributed by atoms with van der Waals surface area (Å²) in [7, 11) is 0. The van der Waals surface area contributed by atoms with Crippen molar-refractivity contribution < 1.29 is 4.74 Å². The summed E-state index contributed by atoms with van der Waals surface area (Å²) in [6.45, 7) is 5.96. The molecule has 0 radical (unpaired) electrons. The predicted molar refractivity (Wildman–Crippen MR) is 72.4 cm³/mol. The van der Waals surface area contributed by atoms with E-state index in [4.69, 9.17) is 4.74 Å². The maximum atomic E-state index is 6.14. The zero-order chi connectivity index (χ0) is 12.1. The first kappa shape index (κ1) is 12.0. The molecule has 0 spiro atoms. The third-order valence-electron chi connectivity index (χ3n) is 3.25. The zero-order valence-corrected chi connectivity index (χ0v) is 10.5. The first-order valence-corrected chi connectivity index (χ1v) is 6.33. The van der Waals surface area contributed by atoms with Crippen LogP contribution in [0.25, 0.3) is 0 Å². The minimum Gasteiger partial charge on any atom is -0.486 e. The van der Waals surface area contributed by atoms with Crippen LogP contribution in [0.4, 0.5) is 0 Å². The number of ether oxygens (including phenoxy) is 1. The molecule has 1 aromatic carbocycles. The highest BCUT2D eigenvalue weighted by Gasteiger charge is 2.16. The summed E-state index contributed by atoms with van der Waals surface area (Å²) in [4.78, 5) is 0. The Hall–Kier alpha value is -1.50. The van der Waals surface area contributed by atoms with E-state index in [1.807, 2.05) is 12.1 Å². The van der Waals surface area contributed by atoms with Gasteiger partial charge in [-0.15, -0.1) is 6.58 Å². The van der Waals surface area contributed by atoms with Crippen molar-refractivity contribution in [3.63, 3.8) is 0 Å². The number of hydrogen-bond acceptors (Lipinski definition) is 1. The molecule has 0 amide bonds. The lowest BCUT2D eigenvalue weighted by atomic mass is 9.97. The van der Waals surface area contributed by atoms with Gasteiger partial charge < -0.3 is 4.74 Å². The fraction of sp³-hybridized carbons (Fsp3) is 0.375. The van der Waals surface area contributed by atoms with E-state index in [0.29, 0.717) is 0 Å². The van der Waals surface area contributed by atoms with Crippen molar-refractivity contribution in [1.29, 1.82) is 0 Å². The summed E-state index contributed by atoms with van der Waals surface area (Å²) in [6.07, 6.45) is 8.90. The van der Waals surface area contributed by atoms with E-state index < -0.39 is 0 Å². The monoisotopic (exact) mass is 228 g/mol. The summed E-state index contributed by atoms with van der Waals surface area (Å²) in [5, 5.41) is 0. The SMILES string of the molecule is C=CCc1ccccc1OC1CCCC=C1C. The fourth-order valence-electron chi connectivity index (χ4n) is 2.24. The molecular weight excluding hydrogens is 208 g/mol. The molecule has 0 fully saturated rings. The Labute approximate surface area is 104 Å². The molecule has 1 heteroatoms. The number of allylic oxidation sites excluding steroid dienone is 2. The standard InChI is InChI=1S/C16H20O/c1-3-8-14-10-5-7-12-16(14)17-15-11-6-4-9-13(15)2/h3,5,7,9-10,12,15H,1,4,6,8,11H2,2H3. The van der Waals surface area contributed by atoms with Crippen LogP contribution >= 0.6 is 0 Å². The summed E-state index contributed by atoms with van der Waals surface area (Å²) < 4.78 is 6.14. The predicted octanol–water partition coefficient (Wildman–Crippen LogP) is 4.29. The molecule has 0 aromatic heterocycles. The Morgan fingerprint density at radius 1 is 1.41 bits per heavy atom. The van der Waals surface area contributed by atoms with Gasteiger partial charge in [0, 0.05) is 0 Å². The molecule has 2 rings (SSSR count). The van der Waals surface area contributed by atoms with E-state index in [1.54, 1.807) is 0 Å². The Morgan fingerprint density at radius 2 is 2.24 bits per heavy atom. The van der Waals surface area contributed by atoms with Crippen molar-refractivity contribution in [2.75, 3.05) is 0 Å². The van der Waals surface area contributed by atoms with E-state index in [9.17, 15) is 0 Å². The van der Waals surface area contributed by atoms with E-state index in [0.717, 1.165) is 18.6 Å². The molecule has 0 saturated heterocycles. The number of hydrogen-bond donors (Lipinski definition) is 0. The van der Waals surface area contributed by atoms with Crippen LogP contribution in [0.5, 0.6) is 5.75 Å². The van der Waals surface area contributed by atoms with Crippen molar-refractivity contribution >= 4 is 0 Å². The van der Waals surface area contributed by atoms with E-state index in [2.05, 4.69) is 37.8 Å². The molecular formula is C16H20O. The highest BCUT2D eigenvalue weighted by molar-refractivity contribution is 5.35. The highest BCUT2D eigenvalue weighted by atomic mass is 16.5. The Balaban J connectivity index is 2.14. The number of para-hydroxylation sites is 1. The average Bonchev–Trinajstić information content (AvgIpc) is 2.35. The van der Waals surface area contributed by atoms with E-state index in [1.165, 1.54) is 24.0 Å². The second-order valence-corrected chi connectivity index (χ2v) is 4.59. The van der Waals surface area contributed by atoms with Gasteiger partial charge in [-0.2, -0.15) is 0 Å². The van der Waals surface area contributed by atoms with Gasteiger partial charge in [-0.25, -0.2) is 0 Å². The number of rotatable bonds is 4. The second-order valence-electron chi connectivity index (χ2n) is 4.59. The first-order chi connectivity index (χ1) is 8.31. The van der Waals surface area contributed by atoms with Crippen molar-refractivity contribution in [2.24, 2.45) is 0 Å². The maximum Gasteiger partial charge on any atom is 0.123 e. The lowest BCUT2D eigenvalue weighted by molar-refractivity contribution is 0.215. The van der Waals surface area contributed by atoms with Gasteiger partial charge in [0.25, 0.3) is 0 Å². The Morgan fingerprint density at radius 3 is 3.00 bits per heavy atom. The van der Waals surface area contributed by atoms with Crippen molar-refractivity contribution in [1.82, 2.24) is 0 Å². The first-order valence-electron chi connectivity index (χ1n) is 6.33. The molecule has 1 unspecified atom stereocenters. The van der Waals surface area contributed by atoms with Gasteiger partial charge in [0.15, 0.2) is 0 Å². The molecule has 1 nitrogen and oxygen atoms in total. The van der Waals surface area contributed by atoms with Gasteiger partial charge >= 0.3 is 0 Å². The smallest absolute Gasteiger partial charge is 0.123 e. The molecule has 1 aliphatic rings. The lowest BCUT2D eigenvalue weighted by Gasteiger charge is -2.24. The van der Waals surface area contributed by atoms with Crippen LogP contribution in [-0.2, 0) is 6.42 Å². The zero-order valence-electron chi connectivity index (χ0n) is 10.5. The topological polar surface area (TPSA) is 9.23 Å². The van der Waals surface area contributed by atoms with Gasteiger partial charge in [0.05, 0.1) is 0 Å². The largest absolute Gasteiger partial charge is 0.486 e. The molecule has 0 N–H and O–H groups in total. The van der Waals surface area contributed by atoms with Crippen LogP contribution in [0.2, 0.25) is 0 Å². The van der Waals surface area contributed by atoms with Crippen molar-refractivity contribution in [2.45, 2.75) is 38.7 Å². The highest BCUT2D eigenvalue weighted by Crippen LogP contribution is 2.26. The molecule has 1 aliphatic carbocycles. The molecule has 1 atom stereocenters. The number of benzene rings is 1. The third-order valence-corrected chi connectivity index (χ3v) is 3.25. The minimum atomic E-state index is 0.259. The lowest BCUT2D eigenvalue weighted by Crippen LogP contribution is -2.21. The van der Waals surface area contributed by atoms with Crippen molar-refractivity contribution in [3.05, 3.63) is 54.1 Å². The fourth-order valence-corrected chi connectivity index (χ4v) is 2.24. The molecule has 0 saturated carbocycles. The van der Waals surface area contributed by atoms with Gasteiger partial charge in [-0.1, -0.05) is 30.4 Å². The molecule has 1 aromatic rings. The second kappa shape index (κ2) is 5.72. The van der Waals surface area contributed by atoms with Crippen LogP contribution < -0.4 is 4.74 Å². The van der Waals surface area contributed by atoms with E-state index >= 15 is 0 Å². The molecule has 0 heterocycles. The minimum absolute atomic E-state index is 0.259. The Kier molecular flexibility index (Phi) is 4.03. The van der Waals surface area contributed by atoms with Crippen LogP contribution in [0.1, 0.15) is 31.7 Å². The van der Waals surface area contributed by atoms with Crippen LogP contribution in [0.3, 0.4) is 0 Å². The van der Waals surface area contributed by atoms with Crippen molar-refractivity contribution in [3.8, 4) is 5.75 Å².